The maximum absolute atomic E-state index is 12.5. The summed E-state index contributed by atoms with van der Waals surface area (Å²) in [7, 11) is 0. The summed E-state index contributed by atoms with van der Waals surface area (Å²) in [6.07, 6.45) is 5.39. The van der Waals surface area contributed by atoms with E-state index in [4.69, 9.17) is 0 Å². The van der Waals surface area contributed by atoms with E-state index >= 15 is 0 Å². The van der Waals surface area contributed by atoms with Gasteiger partial charge in [-0.15, -0.1) is 10.2 Å². The Hall–Kier alpha value is -2.72. The first-order chi connectivity index (χ1) is 14.2. The number of aromatic nitrogens is 3. The van der Waals surface area contributed by atoms with Crippen molar-refractivity contribution in [1.29, 1.82) is 0 Å². The van der Waals surface area contributed by atoms with Gasteiger partial charge in [-0.3, -0.25) is 5.32 Å². The van der Waals surface area contributed by atoms with Gasteiger partial charge in [0.25, 0.3) is 0 Å². The van der Waals surface area contributed by atoms with E-state index in [9.17, 15) is 4.79 Å². The number of amides is 2. The van der Waals surface area contributed by atoms with Crippen LogP contribution in [0.15, 0.2) is 29.9 Å². The first kappa shape index (κ1) is 19.6. The van der Waals surface area contributed by atoms with Gasteiger partial charge in [0.2, 0.25) is 5.13 Å². The summed E-state index contributed by atoms with van der Waals surface area (Å²) >= 11 is 2.87. The van der Waals surface area contributed by atoms with Gasteiger partial charge in [-0.2, -0.15) is 0 Å². The predicted octanol–water partition coefficient (Wildman–Crippen LogP) is 4.55. The second-order valence-corrected chi connectivity index (χ2v) is 8.83. The molecule has 29 heavy (non-hydrogen) atoms. The highest BCUT2D eigenvalue weighted by atomic mass is 32.1. The molecule has 0 saturated carbocycles. The third-order valence-corrected chi connectivity index (χ3v) is 6.21. The molecule has 152 valence electrons. The SMILES string of the molecule is Cc1ccc(NC(=O)Nc2ncc(CNc3nncs3)s2)c(N2CCCCC2)c1. The van der Waals surface area contributed by atoms with Gasteiger partial charge in [0, 0.05) is 24.2 Å². The lowest BCUT2D eigenvalue weighted by atomic mass is 10.1. The van der Waals surface area contributed by atoms with Gasteiger partial charge in [0.05, 0.1) is 17.9 Å². The molecule has 1 fully saturated rings. The topological polar surface area (TPSA) is 95.1 Å². The van der Waals surface area contributed by atoms with Crippen molar-refractivity contribution in [2.75, 3.05) is 33.9 Å². The van der Waals surface area contributed by atoms with Gasteiger partial charge < -0.3 is 15.5 Å². The Kier molecular flexibility index (Phi) is 6.20. The van der Waals surface area contributed by atoms with Crippen molar-refractivity contribution in [2.45, 2.75) is 32.7 Å². The number of rotatable bonds is 6. The fraction of sp³-hybridized carbons (Fsp3) is 0.368. The Morgan fingerprint density at radius 3 is 2.83 bits per heavy atom. The maximum Gasteiger partial charge on any atom is 0.325 e. The minimum atomic E-state index is -0.287. The molecular formula is C19H23N7OS2. The summed E-state index contributed by atoms with van der Waals surface area (Å²) in [5.41, 5.74) is 4.77. The standard InChI is InChI=1S/C19H23N7OS2/c1-13-5-6-15(16(9-13)26-7-3-2-4-8-26)23-17(27)24-18-20-10-14(29-18)11-21-19-25-22-12-28-19/h5-6,9-10,12H,2-4,7-8,11H2,1H3,(H,21,25)(H2,20,23,24,27). The van der Waals surface area contributed by atoms with Gasteiger partial charge in [0.15, 0.2) is 5.13 Å². The monoisotopic (exact) mass is 429 g/mol. The molecule has 1 aliphatic heterocycles. The molecule has 1 saturated heterocycles. The van der Waals surface area contributed by atoms with Crippen molar-refractivity contribution < 1.29 is 4.79 Å². The quantitative estimate of drug-likeness (QED) is 0.532. The van der Waals surface area contributed by atoms with Crippen LogP contribution in [-0.4, -0.2) is 34.3 Å². The zero-order valence-electron chi connectivity index (χ0n) is 16.1. The van der Waals surface area contributed by atoms with E-state index in [2.05, 4.69) is 49.0 Å². The Bertz CT molecular complexity index is 951. The van der Waals surface area contributed by atoms with Crippen molar-refractivity contribution in [3.8, 4) is 0 Å². The number of hydrogen-bond acceptors (Lipinski definition) is 8. The van der Waals surface area contributed by atoms with E-state index in [1.54, 1.807) is 11.7 Å². The summed E-state index contributed by atoms with van der Waals surface area (Å²) in [6, 6.07) is 5.84. The third kappa shape index (κ3) is 5.21. The summed E-state index contributed by atoms with van der Waals surface area (Å²) in [5, 5.41) is 18.1. The number of urea groups is 1. The number of carbonyl (C=O) groups excluding carboxylic acids is 1. The summed E-state index contributed by atoms with van der Waals surface area (Å²) in [5.74, 6) is 0. The van der Waals surface area contributed by atoms with Gasteiger partial charge in [-0.1, -0.05) is 28.7 Å². The van der Waals surface area contributed by atoms with Crippen molar-refractivity contribution in [1.82, 2.24) is 15.2 Å². The molecule has 3 heterocycles. The van der Waals surface area contributed by atoms with Crippen LogP contribution in [0, 0.1) is 6.92 Å². The molecule has 0 bridgehead atoms. The molecule has 2 aromatic heterocycles. The summed E-state index contributed by atoms with van der Waals surface area (Å²) < 4.78 is 0. The zero-order chi connectivity index (χ0) is 20.1. The second-order valence-electron chi connectivity index (χ2n) is 6.88. The van der Waals surface area contributed by atoms with Crippen LogP contribution in [0.3, 0.4) is 0 Å². The van der Waals surface area contributed by atoms with Gasteiger partial charge in [0.1, 0.15) is 5.51 Å². The third-order valence-electron chi connectivity index (χ3n) is 4.65. The lowest BCUT2D eigenvalue weighted by Crippen LogP contribution is -2.31. The molecule has 0 radical (unpaired) electrons. The minimum absolute atomic E-state index is 0.287. The molecule has 4 rings (SSSR count). The molecule has 1 aliphatic rings. The molecule has 3 aromatic rings. The highest BCUT2D eigenvalue weighted by molar-refractivity contribution is 7.15. The Morgan fingerprint density at radius 1 is 1.17 bits per heavy atom. The molecule has 0 unspecified atom stereocenters. The van der Waals surface area contributed by atoms with E-state index in [-0.39, 0.29) is 6.03 Å². The number of piperidine rings is 1. The number of benzene rings is 1. The fourth-order valence-corrected chi connectivity index (χ4v) is 4.45. The summed E-state index contributed by atoms with van der Waals surface area (Å²) in [4.78, 5) is 20.2. The van der Waals surface area contributed by atoms with E-state index in [1.807, 2.05) is 12.1 Å². The number of nitrogens with zero attached hydrogens (tertiary/aromatic N) is 4. The maximum atomic E-state index is 12.5. The fourth-order valence-electron chi connectivity index (χ4n) is 3.25. The molecule has 8 nitrogen and oxygen atoms in total. The van der Waals surface area contributed by atoms with Crippen molar-refractivity contribution in [3.05, 3.63) is 40.3 Å². The largest absolute Gasteiger partial charge is 0.370 e. The molecule has 3 N–H and O–H groups in total. The van der Waals surface area contributed by atoms with E-state index < -0.39 is 0 Å². The van der Waals surface area contributed by atoms with Gasteiger partial charge in [-0.25, -0.2) is 9.78 Å². The van der Waals surface area contributed by atoms with Crippen molar-refractivity contribution in [2.24, 2.45) is 0 Å². The molecule has 0 spiro atoms. The smallest absolute Gasteiger partial charge is 0.325 e. The molecule has 10 heteroatoms. The van der Waals surface area contributed by atoms with Crippen LogP contribution in [0.4, 0.5) is 26.4 Å². The molecule has 1 aromatic carbocycles. The highest BCUT2D eigenvalue weighted by Crippen LogP contribution is 2.30. The van der Waals surface area contributed by atoms with E-state index in [1.165, 1.54) is 47.5 Å². The Balaban J connectivity index is 1.37. The van der Waals surface area contributed by atoms with Crippen LogP contribution < -0.4 is 20.9 Å². The number of aryl methyl sites for hydroxylation is 1. The van der Waals surface area contributed by atoms with Gasteiger partial charge >= 0.3 is 6.03 Å². The molecular weight excluding hydrogens is 406 g/mol. The highest BCUT2D eigenvalue weighted by Gasteiger charge is 2.16. The number of hydrogen-bond donors (Lipinski definition) is 3. The molecule has 0 aliphatic carbocycles. The van der Waals surface area contributed by atoms with Crippen molar-refractivity contribution in [3.63, 3.8) is 0 Å². The number of carbonyl (C=O) groups is 1. The number of anilines is 4. The lowest BCUT2D eigenvalue weighted by Gasteiger charge is -2.30. The average molecular weight is 430 g/mol. The van der Waals surface area contributed by atoms with Crippen LogP contribution in [-0.2, 0) is 6.54 Å². The number of nitrogens with one attached hydrogen (secondary N) is 3. The Labute approximate surface area is 177 Å². The molecule has 2 amide bonds. The van der Waals surface area contributed by atoms with E-state index in [0.29, 0.717) is 11.7 Å². The first-order valence-corrected chi connectivity index (χ1v) is 11.3. The van der Waals surface area contributed by atoms with Crippen molar-refractivity contribution >= 4 is 50.3 Å². The van der Waals surface area contributed by atoms with Crippen LogP contribution >= 0.6 is 22.7 Å². The summed E-state index contributed by atoms with van der Waals surface area (Å²) in [6.45, 7) is 4.71. The van der Waals surface area contributed by atoms with E-state index in [0.717, 1.165) is 34.5 Å². The predicted molar refractivity (Wildman–Crippen MR) is 119 cm³/mol. The van der Waals surface area contributed by atoms with Crippen LogP contribution in [0.2, 0.25) is 0 Å². The average Bonchev–Trinajstić information content (AvgIpc) is 3.40. The lowest BCUT2D eigenvalue weighted by molar-refractivity contribution is 0.262. The second kappa shape index (κ2) is 9.19. The number of thiazole rings is 1. The van der Waals surface area contributed by atoms with Crippen LogP contribution in [0.5, 0.6) is 0 Å². The Morgan fingerprint density at radius 2 is 2.03 bits per heavy atom. The van der Waals surface area contributed by atoms with Gasteiger partial charge in [-0.05, 0) is 43.9 Å². The van der Waals surface area contributed by atoms with Crippen LogP contribution in [0.1, 0.15) is 29.7 Å². The molecule has 0 atom stereocenters. The first-order valence-electron chi connectivity index (χ1n) is 9.56. The van der Waals surface area contributed by atoms with Crippen LogP contribution in [0.25, 0.3) is 0 Å². The normalized spacial score (nSPS) is 13.9. The minimum Gasteiger partial charge on any atom is -0.370 e. The zero-order valence-corrected chi connectivity index (χ0v) is 17.8.